The first-order valence-electron chi connectivity index (χ1n) is 7.74. The third kappa shape index (κ3) is 4.08. The van der Waals surface area contributed by atoms with Crippen molar-refractivity contribution in [2.24, 2.45) is 0 Å². The van der Waals surface area contributed by atoms with Gasteiger partial charge in [0.2, 0.25) is 11.8 Å². The molecule has 2 unspecified atom stereocenters. The summed E-state index contributed by atoms with van der Waals surface area (Å²) in [6.07, 6.45) is 3.47. The number of unbranched alkanes of at least 4 members (excludes halogenated alkanes) is 2. The number of aromatic nitrogens is 1. The Balaban J connectivity index is 1.64. The second-order valence-corrected chi connectivity index (χ2v) is 5.82. The van der Waals surface area contributed by atoms with E-state index in [1.54, 1.807) is 11.9 Å². The van der Waals surface area contributed by atoms with Crippen LogP contribution in [-0.2, 0) is 4.79 Å². The van der Waals surface area contributed by atoms with Crippen LogP contribution in [-0.4, -0.2) is 51.0 Å². The molecule has 1 aliphatic heterocycles. The minimum atomic E-state index is -0.519. The molecule has 3 N–H and O–H groups in total. The molecule has 0 saturated carbocycles. The first-order valence-corrected chi connectivity index (χ1v) is 7.74. The van der Waals surface area contributed by atoms with E-state index in [1.165, 1.54) is 12.1 Å². The van der Waals surface area contributed by atoms with E-state index in [0.717, 1.165) is 19.3 Å². The summed E-state index contributed by atoms with van der Waals surface area (Å²) in [5.74, 6) is -1.17. The zero-order chi connectivity index (χ0) is 17.0. The lowest BCUT2D eigenvalue weighted by Crippen LogP contribution is -2.32. The van der Waals surface area contributed by atoms with E-state index in [0.29, 0.717) is 11.2 Å². The second-order valence-electron chi connectivity index (χ2n) is 5.82. The van der Waals surface area contributed by atoms with Gasteiger partial charge in [0.15, 0.2) is 0 Å². The van der Waals surface area contributed by atoms with E-state index in [2.05, 4.69) is 5.32 Å². The predicted octanol–water partition coefficient (Wildman–Crippen LogP) is 1.22. The predicted molar refractivity (Wildman–Crippen MR) is 82.0 cm³/mol. The number of nitrogens with zero attached hydrogens (tertiary/aromatic N) is 2. The average Bonchev–Trinajstić information content (AvgIpc) is 2.93. The Morgan fingerprint density at radius 3 is 2.48 bits per heavy atom. The first-order chi connectivity index (χ1) is 10.9. The number of amides is 2. The molecule has 0 radical (unpaired) electrons. The number of nitrogens with one attached hydrogen (secondary N) is 1. The number of hydrogen-bond donors (Lipinski definition) is 3. The summed E-state index contributed by atoms with van der Waals surface area (Å²) in [5, 5.41) is 21.6. The van der Waals surface area contributed by atoms with Gasteiger partial charge >= 0.3 is 12.0 Å². The maximum Gasteiger partial charge on any atom is 0.333 e. The van der Waals surface area contributed by atoms with E-state index in [-0.39, 0.29) is 36.3 Å². The molecule has 1 fully saturated rings. The molecule has 8 heteroatoms. The quantitative estimate of drug-likeness (QED) is 0.654. The third-order valence-electron chi connectivity index (χ3n) is 4.12. The van der Waals surface area contributed by atoms with Crippen molar-refractivity contribution in [2.75, 3.05) is 7.05 Å². The Labute approximate surface area is 134 Å². The molecule has 1 aromatic rings. The van der Waals surface area contributed by atoms with Crippen molar-refractivity contribution in [1.82, 2.24) is 14.9 Å². The standard InChI is InChI=1S/C15H23N3O5/c1-10-11(17(2)15(22)16-10)6-4-3-5-7-14(21)23-18-12(19)8-9-13(18)20/h8-11,19-20H,3-7H2,1-2H3,(H,16,22). The Bertz CT molecular complexity index is 552. The molecule has 23 heavy (non-hydrogen) atoms. The van der Waals surface area contributed by atoms with Gasteiger partial charge in [0.05, 0.1) is 6.04 Å². The highest BCUT2D eigenvalue weighted by atomic mass is 16.7. The van der Waals surface area contributed by atoms with E-state index in [1.807, 2.05) is 6.92 Å². The van der Waals surface area contributed by atoms with Gasteiger partial charge in [-0.1, -0.05) is 12.8 Å². The van der Waals surface area contributed by atoms with Gasteiger partial charge in [-0.2, -0.15) is 0 Å². The number of aromatic hydroxyl groups is 2. The minimum Gasteiger partial charge on any atom is -0.492 e. The normalized spacial score (nSPS) is 20.6. The monoisotopic (exact) mass is 325 g/mol. The van der Waals surface area contributed by atoms with Crippen LogP contribution in [0.15, 0.2) is 12.1 Å². The molecular weight excluding hydrogens is 302 g/mol. The molecule has 0 spiro atoms. The molecule has 2 amide bonds. The molecule has 2 atom stereocenters. The van der Waals surface area contributed by atoms with Gasteiger partial charge in [-0.25, -0.2) is 9.59 Å². The SMILES string of the molecule is CC1NC(=O)N(C)C1CCCCCC(=O)On1c(O)ccc1O. The fraction of sp³-hybridized carbons (Fsp3) is 0.600. The van der Waals surface area contributed by atoms with Crippen molar-refractivity contribution in [2.45, 2.75) is 51.1 Å². The zero-order valence-corrected chi connectivity index (χ0v) is 13.4. The molecular formula is C15H23N3O5. The van der Waals surface area contributed by atoms with Gasteiger partial charge in [-0.15, -0.1) is 4.73 Å². The molecule has 2 heterocycles. The number of urea groups is 1. The largest absolute Gasteiger partial charge is 0.492 e. The van der Waals surface area contributed by atoms with Crippen LogP contribution in [0.5, 0.6) is 11.8 Å². The molecule has 0 aliphatic carbocycles. The van der Waals surface area contributed by atoms with Crippen LogP contribution in [0.25, 0.3) is 0 Å². The second kappa shape index (κ2) is 7.26. The maximum absolute atomic E-state index is 11.7. The van der Waals surface area contributed by atoms with Crippen LogP contribution in [0.4, 0.5) is 4.79 Å². The molecule has 8 nitrogen and oxygen atoms in total. The van der Waals surface area contributed by atoms with Gasteiger partial charge in [-0.05, 0) is 19.8 Å². The van der Waals surface area contributed by atoms with Crippen molar-refractivity contribution in [3.63, 3.8) is 0 Å². The van der Waals surface area contributed by atoms with Crippen molar-refractivity contribution >= 4 is 12.0 Å². The Morgan fingerprint density at radius 2 is 1.91 bits per heavy atom. The summed E-state index contributed by atoms with van der Waals surface area (Å²) in [7, 11) is 1.79. The molecule has 1 saturated heterocycles. The van der Waals surface area contributed by atoms with Crippen molar-refractivity contribution in [3.05, 3.63) is 12.1 Å². The number of rotatable bonds is 7. The lowest BCUT2D eigenvalue weighted by molar-refractivity contribution is -0.145. The number of likely N-dealkylation sites (N-methyl/N-ethyl adjacent to an activating group) is 1. The molecule has 0 aromatic carbocycles. The summed E-state index contributed by atoms with van der Waals surface area (Å²) in [4.78, 5) is 29.7. The molecule has 0 bridgehead atoms. The van der Waals surface area contributed by atoms with Gasteiger partial charge in [0, 0.05) is 31.6 Å². The van der Waals surface area contributed by atoms with E-state index >= 15 is 0 Å². The van der Waals surface area contributed by atoms with Crippen LogP contribution in [0.1, 0.15) is 39.0 Å². The lowest BCUT2D eigenvalue weighted by Gasteiger charge is -2.20. The van der Waals surface area contributed by atoms with Crippen LogP contribution < -0.4 is 10.2 Å². The van der Waals surface area contributed by atoms with Crippen LogP contribution in [0, 0.1) is 0 Å². The zero-order valence-electron chi connectivity index (χ0n) is 13.4. The van der Waals surface area contributed by atoms with Gasteiger partial charge in [-0.3, -0.25) is 0 Å². The van der Waals surface area contributed by atoms with Crippen molar-refractivity contribution < 1.29 is 24.6 Å². The van der Waals surface area contributed by atoms with Gasteiger partial charge < -0.3 is 25.3 Å². The van der Waals surface area contributed by atoms with Crippen LogP contribution >= 0.6 is 0 Å². The smallest absolute Gasteiger partial charge is 0.333 e. The molecule has 1 aromatic heterocycles. The highest BCUT2D eigenvalue weighted by Gasteiger charge is 2.32. The summed E-state index contributed by atoms with van der Waals surface area (Å²) in [6.45, 7) is 1.99. The summed E-state index contributed by atoms with van der Waals surface area (Å²) in [6, 6.07) is 2.74. The topological polar surface area (TPSA) is 104 Å². The minimum absolute atomic E-state index is 0.0441. The lowest BCUT2D eigenvalue weighted by atomic mass is 10.0. The van der Waals surface area contributed by atoms with Crippen molar-refractivity contribution in [3.8, 4) is 11.8 Å². The van der Waals surface area contributed by atoms with Gasteiger partial charge in [0.1, 0.15) is 0 Å². The van der Waals surface area contributed by atoms with Crippen molar-refractivity contribution in [1.29, 1.82) is 0 Å². The van der Waals surface area contributed by atoms with E-state index < -0.39 is 5.97 Å². The average molecular weight is 325 g/mol. The first kappa shape index (κ1) is 17.0. The van der Waals surface area contributed by atoms with Crippen LogP contribution in [0.2, 0.25) is 0 Å². The maximum atomic E-state index is 11.7. The summed E-state index contributed by atoms with van der Waals surface area (Å²) in [5.41, 5.74) is 0. The highest BCUT2D eigenvalue weighted by molar-refractivity contribution is 5.77. The van der Waals surface area contributed by atoms with Crippen LogP contribution in [0.3, 0.4) is 0 Å². The number of hydrogen-bond acceptors (Lipinski definition) is 5. The van der Waals surface area contributed by atoms with E-state index in [9.17, 15) is 19.8 Å². The summed E-state index contributed by atoms with van der Waals surface area (Å²) < 4.78 is 0.689. The van der Waals surface area contributed by atoms with E-state index in [4.69, 9.17) is 4.84 Å². The molecule has 1 aliphatic rings. The summed E-state index contributed by atoms with van der Waals surface area (Å²) >= 11 is 0. The fourth-order valence-corrected chi connectivity index (χ4v) is 2.76. The third-order valence-corrected chi connectivity index (χ3v) is 4.12. The van der Waals surface area contributed by atoms with Gasteiger partial charge in [0.25, 0.3) is 0 Å². The molecule has 2 rings (SSSR count). The Hall–Kier alpha value is -2.38. The number of carbonyl (C=O) groups excluding carboxylic acids is 2. The molecule has 128 valence electrons. The Morgan fingerprint density at radius 1 is 1.26 bits per heavy atom. The highest BCUT2D eigenvalue weighted by Crippen LogP contribution is 2.20. The fourth-order valence-electron chi connectivity index (χ4n) is 2.76. The Kier molecular flexibility index (Phi) is 5.36. The number of carbonyl (C=O) groups is 2.